The molecule has 23 heavy (non-hydrogen) atoms. The summed E-state index contributed by atoms with van der Waals surface area (Å²) in [4.78, 5) is 19.5. The van der Waals surface area contributed by atoms with Gasteiger partial charge in [-0.15, -0.1) is 0 Å². The van der Waals surface area contributed by atoms with E-state index in [2.05, 4.69) is 15.0 Å². The molecule has 0 saturated carbocycles. The van der Waals surface area contributed by atoms with Crippen LogP contribution in [0.4, 0.5) is 0 Å². The molecule has 6 heteroatoms. The van der Waals surface area contributed by atoms with Gasteiger partial charge in [-0.3, -0.25) is 4.79 Å². The zero-order chi connectivity index (χ0) is 15.6. The van der Waals surface area contributed by atoms with Crippen LogP contribution < -0.4 is 0 Å². The van der Waals surface area contributed by atoms with Gasteiger partial charge in [0.1, 0.15) is 6.10 Å². The maximum Gasteiger partial charge on any atom is 0.252 e. The largest absolute Gasteiger partial charge is 0.368 e. The Labute approximate surface area is 134 Å². The van der Waals surface area contributed by atoms with Crippen LogP contribution >= 0.6 is 0 Å². The highest BCUT2D eigenvalue weighted by Crippen LogP contribution is 2.44. The van der Waals surface area contributed by atoms with E-state index < -0.39 is 0 Å². The van der Waals surface area contributed by atoms with Gasteiger partial charge >= 0.3 is 0 Å². The highest BCUT2D eigenvalue weighted by molar-refractivity contribution is 5.82. The van der Waals surface area contributed by atoms with E-state index >= 15 is 0 Å². The fraction of sp³-hybridized carbons (Fsp3) is 0.588. The summed E-state index contributed by atoms with van der Waals surface area (Å²) in [7, 11) is 0. The third-order valence-corrected chi connectivity index (χ3v) is 5.49. The van der Waals surface area contributed by atoms with Crippen LogP contribution in [0.25, 0.3) is 5.65 Å². The third-order valence-electron chi connectivity index (χ3n) is 5.49. The Kier molecular flexibility index (Phi) is 2.80. The van der Waals surface area contributed by atoms with Gasteiger partial charge in [-0.25, -0.2) is 9.50 Å². The summed E-state index contributed by atoms with van der Waals surface area (Å²) in [5.74, 6) is 0.178. The van der Waals surface area contributed by atoms with E-state index in [1.165, 1.54) is 11.3 Å². The highest BCUT2D eigenvalue weighted by atomic mass is 16.5. The molecule has 0 aromatic carbocycles. The van der Waals surface area contributed by atoms with Gasteiger partial charge in [0.05, 0.1) is 17.4 Å². The maximum atomic E-state index is 12.9. The molecule has 0 spiro atoms. The lowest BCUT2D eigenvalue weighted by molar-refractivity contribution is -0.144. The molecular formula is C17H20N4O2. The molecule has 3 aliphatic rings. The van der Waals surface area contributed by atoms with Crippen LogP contribution in [0.5, 0.6) is 0 Å². The average molecular weight is 312 g/mol. The average Bonchev–Trinajstić information content (AvgIpc) is 3.25. The van der Waals surface area contributed by atoms with Gasteiger partial charge in [-0.05, 0) is 32.6 Å². The van der Waals surface area contributed by atoms with E-state index in [0.717, 1.165) is 43.4 Å². The second kappa shape index (κ2) is 4.77. The SMILES string of the molecule is Cc1cc2ncc3c(n2n1)C[C@H]1CC[C@H]3N1C(=O)[C@H]1CCCO1. The first-order chi connectivity index (χ1) is 11.2. The van der Waals surface area contributed by atoms with E-state index in [9.17, 15) is 4.79 Å². The minimum absolute atomic E-state index is 0.141. The van der Waals surface area contributed by atoms with E-state index in [0.29, 0.717) is 6.61 Å². The summed E-state index contributed by atoms with van der Waals surface area (Å²) in [6.45, 7) is 2.71. The molecule has 0 aliphatic carbocycles. The van der Waals surface area contributed by atoms with Crippen molar-refractivity contribution in [2.75, 3.05) is 6.61 Å². The first-order valence-electron chi connectivity index (χ1n) is 8.50. The van der Waals surface area contributed by atoms with Crippen LogP contribution in [0.2, 0.25) is 0 Å². The number of aryl methyl sites for hydroxylation is 1. The molecule has 5 heterocycles. The Morgan fingerprint density at radius 1 is 1.35 bits per heavy atom. The van der Waals surface area contributed by atoms with E-state index in [1.54, 1.807) is 0 Å². The maximum absolute atomic E-state index is 12.9. The van der Waals surface area contributed by atoms with E-state index in [4.69, 9.17) is 4.74 Å². The lowest BCUT2D eigenvalue weighted by atomic mass is 9.98. The molecule has 2 aromatic heterocycles. The van der Waals surface area contributed by atoms with Gasteiger partial charge in [-0.1, -0.05) is 0 Å². The molecule has 0 radical (unpaired) electrons. The summed E-state index contributed by atoms with van der Waals surface area (Å²) < 4.78 is 7.61. The predicted octanol–water partition coefficient (Wildman–Crippen LogP) is 1.80. The van der Waals surface area contributed by atoms with Gasteiger partial charge < -0.3 is 9.64 Å². The number of hydrogen-bond donors (Lipinski definition) is 0. The molecule has 2 aromatic rings. The molecule has 3 aliphatic heterocycles. The summed E-state index contributed by atoms with van der Waals surface area (Å²) in [6.07, 6.45) is 6.51. The number of aromatic nitrogens is 3. The Morgan fingerprint density at radius 3 is 3.09 bits per heavy atom. The number of carbonyl (C=O) groups excluding carboxylic acids is 1. The fourth-order valence-electron chi connectivity index (χ4n) is 4.48. The van der Waals surface area contributed by atoms with E-state index in [-0.39, 0.29) is 24.1 Å². The first-order valence-corrected chi connectivity index (χ1v) is 8.50. The Bertz CT molecular complexity index is 793. The summed E-state index contributed by atoms with van der Waals surface area (Å²) in [5, 5.41) is 4.60. The Morgan fingerprint density at radius 2 is 2.26 bits per heavy atom. The lowest BCUT2D eigenvalue weighted by Crippen LogP contribution is -2.47. The number of fused-ring (bicyclic) bond motifs is 6. The number of carbonyl (C=O) groups is 1. The highest BCUT2D eigenvalue weighted by Gasteiger charge is 2.46. The van der Waals surface area contributed by atoms with Gasteiger partial charge in [0.2, 0.25) is 0 Å². The van der Waals surface area contributed by atoms with Crippen molar-refractivity contribution in [2.24, 2.45) is 0 Å². The van der Waals surface area contributed by atoms with Crippen LogP contribution in [0.3, 0.4) is 0 Å². The number of nitrogens with zero attached hydrogens (tertiary/aromatic N) is 4. The van der Waals surface area contributed by atoms with Gasteiger partial charge in [-0.2, -0.15) is 5.10 Å². The molecule has 2 fully saturated rings. The molecule has 0 N–H and O–H groups in total. The zero-order valence-electron chi connectivity index (χ0n) is 13.2. The Balaban J connectivity index is 1.57. The molecule has 3 atom stereocenters. The van der Waals surface area contributed by atoms with Gasteiger partial charge in [0, 0.05) is 36.9 Å². The van der Waals surface area contributed by atoms with Crippen LogP contribution in [0.1, 0.15) is 48.7 Å². The smallest absolute Gasteiger partial charge is 0.252 e. The number of ether oxygens (including phenoxy) is 1. The van der Waals surface area contributed by atoms with Gasteiger partial charge in [0.25, 0.3) is 5.91 Å². The van der Waals surface area contributed by atoms with Crippen molar-refractivity contribution < 1.29 is 9.53 Å². The van der Waals surface area contributed by atoms with E-state index in [1.807, 2.05) is 23.7 Å². The second-order valence-electron chi connectivity index (χ2n) is 6.91. The quantitative estimate of drug-likeness (QED) is 0.806. The van der Waals surface area contributed by atoms with Crippen molar-refractivity contribution in [3.63, 3.8) is 0 Å². The number of rotatable bonds is 1. The minimum atomic E-state index is -0.233. The lowest BCUT2D eigenvalue weighted by Gasteiger charge is -2.37. The van der Waals surface area contributed by atoms with Crippen LogP contribution in [0, 0.1) is 6.92 Å². The van der Waals surface area contributed by atoms with Crippen LogP contribution in [0.15, 0.2) is 12.3 Å². The zero-order valence-corrected chi connectivity index (χ0v) is 13.2. The molecular weight excluding hydrogens is 292 g/mol. The molecule has 5 rings (SSSR count). The number of hydrogen-bond acceptors (Lipinski definition) is 4. The van der Waals surface area contributed by atoms with Crippen molar-refractivity contribution in [2.45, 2.75) is 57.2 Å². The Hall–Kier alpha value is -1.95. The van der Waals surface area contributed by atoms with Crippen LogP contribution in [-0.4, -0.2) is 44.2 Å². The first kappa shape index (κ1) is 13.5. The van der Waals surface area contributed by atoms with Crippen molar-refractivity contribution in [3.8, 4) is 0 Å². The van der Waals surface area contributed by atoms with Crippen LogP contribution in [-0.2, 0) is 16.0 Å². The molecule has 120 valence electrons. The summed E-state index contributed by atoms with van der Waals surface area (Å²) in [5.41, 5.74) is 4.28. The third kappa shape index (κ3) is 1.87. The standard InChI is InChI=1S/C17H20N4O2/c1-10-7-16-18-9-12-13-5-4-11(8-14(12)21(16)19-10)20(13)17(22)15-3-2-6-23-15/h7,9,11,13,15H,2-6,8H2,1H3/t11-,13-,15-/m1/s1. The molecule has 0 unspecified atom stereocenters. The van der Waals surface area contributed by atoms with Crippen molar-refractivity contribution in [3.05, 3.63) is 29.2 Å². The monoisotopic (exact) mass is 312 g/mol. The molecule has 2 bridgehead atoms. The summed E-state index contributed by atoms with van der Waals surface area (Å²) >= 11 is 0. The van der Waals surface area contributed by atoms with Crippen molar-refractivity contribution in [1.82, 2.24) is 19.5 Å². The second-order valence-corrected chi connectivity index (χ2v) is 6.91. The molecule has 2 saturated heterocycles. The molecule has 1 amide bonds. The summed E-state index contributed by atoms with van der Waals surface area (Å²) in [6, 6.07) is 2.42. The fourth-order valence-corrected chi connectivity index (χ4v) is 4.48. The minimum Gasteiger partial charge on any atom is -0.368 e. The topological polar surface area (TPSA) is 59.7 Å². The van der Waals surface area contributed by atoms with Crippen molar-refractivity contribution in [1.29, 1.82) is 0 Å². The number of amides is 1. The normalized spacial score (nSPS) is 29.3. The van der Waals surface area contributed by atoms with Crippen molar-refractivity contribution >= 4 is 11.6 Å². The predicted molar refractivity (Wildman–Crippen MR) is 83.0 cm³/mol. The van der Waals surface area contributed by atoms with Gasteiger partial charge in [0.15, 0.2) is 5.65 Å². The molecule has 6 nitrogen and oxygen atoms in total.